The first-order valence-corrected chi connectivity index (χ1v) is 10.6. The van der Waals surface area contributed by atoms with Crippen molar-refractivity contribution in [3.63, 3.8) is 0 Å². The van der Waals surface area contributed by atoms with E-state index in [4.69, 9.17) is 14.9 Å². The highest BCUT2D eigenvalue weighted by atomic mass is 16.5. The topological polar surface area (TPSA) is 139 Å². The van der Waals surface area contributed by atoms with Gasteiger partial charge in [0.15, 0.2) is 12.4 Å². The fourth-order valence-corrected chi connectivity index (χ4v) is 3.66. The van der Waals surface area contributed by atoms with Gasteiger partial charge in [-0.05, 0) is 30.7 Å². The molecule has 0 saturated carbocycles. The summed E-state index contributed by atoms with van der Waals surface area (Å²) in [5.74, 6) is -1.37. The molecule has 0 spiro atoms. The third-order valence-electron chi connectivity index (χ3n) is 5.35. The molecule has 0 saturated heterocycles. The molecule has 3 aromatic heterocycles. The molecule has 2 N–H and O–H groups in total. The van der Waals surface area contributed by atoms with Crippen molar-refractivity contribution in [1.82, 2.24) is 14.1 Å². The highest BCUT2D eigenvalue weighted by Crippen LogP contribution is 2.25. The number of nitrogens with two attached hydrogens (primary N) is 1. The van der Waals surface area contributed by atoms with E-state index in [1.807, 2.05) is 6.92 Å². The maximum atomic E-state index is 13.0. The number of carbonyl (C=O) groups is 2. The van der Waals surface area contributed by atoms with Crippen LogP contribution in [0, 0.1) is 0 Å². The van der Waals surface area contributed by atoms with Crippen LogP contribution in [-0.4, -0.2) is 32.5 Å². The van der Waals surface area contributed by atoms with Crippen LogP contribution in [0.25, 0.3) is 22.4 Å². The highest BCUT2D eigenvalue weighted by molar-refractivity contribution is 6.06. The monoisotopic (exact) mass is 462 g/mol. The van der Waals surface area contributed by atoms with Gasteiger partial charge in [-0.15, -0.1) is 0 Å². The number of hydrogen-bond donors (Lipinski definition) is 1. The number of anilines is 1. The Morgan fingerprint density at radius 1 is 1.15 bits per heavy atom. The van der Waals surface area contributed by atoms with E-state index in [1.54, 1.807) is 36.4 Å². The largest absolute Gasteiger partial charge is 0.463 e. The number of carbonyl (C=O) groups excluding carboxylic acids is 2. The standard InChI is InChI=1S/C24H22N4O6/c1-3-10-28-21(25)20(22(30)27(2)24(28)32)18(29)13-34-23(31)15-12-17(19-9-6-11-33-19)26-16-8-5-4-7-14(15)16/h4-9,11-12H,3,10,13,25H2,1-2H3. The molecular weight excluding hydrogens is 440 g/mol. The zero-order valence-corrected chi connectivity index (χ0v) is 18.6. The van der Waals surface area contributed by atoms with Crippen molar-refractivity contribution >= 4 is 28.5 Å². The average Bonchev–Trinajstić information content (AvgIpc) is 3.38. The van der Waals surface area contributed by atoms with Gasteiger partial charge in [0.2, 0.25) is 5.78 Å². The minimum Gasteiger partial charge on any atom is -0.463 e. The lowest BCUT2D eigenvalue weighted by Crippen LogP contribution is -2.43. The summed E-state index contributed by atoms with van der Waals surface area (Å²) in [7, 11) is 1.26. The van der Waals surface area contributed by atoms with Gasteiger partial charge >= 0.3 is 11.7 Å². The number of rotatable bonds is 7. The van der Waals surface area contributed by atoms with Crippen molar-refractivity contribution in [2.45, 2.75) is 19.9 Å². The second-order valence-corrected chi connectivity index (χ2v) is 7.61. The maximum Gasteiger partial charge on any atom is 0.339 e. The molecular formula is C24H22N4O6. The summed E-state index contributed by atoms with van der Waals surface area (Å²) in [6.07, 6.45) is 2.06. The SMILES string of the molecule is CCCn1c(N)c(C(=O)COC(=O)c2cc(-c3ccco3)nc3ccccc23)c(=O)n(C)c1=O. The Morgan fingerprint density at radius 3 is 2.62 bits per heavy atom. The molecule has 174 valence electrons. The van der Waals surface area contributed by atoms with E-state index >= 15 is 0 Å². The number of ketones is 1. The van der Waals surface area contributed by atoms with Gasteiger partial charge in [-0.3, -0.25) is 18.7 Å². The van der Waals surface area contributed by atoms with Gasteiger partial charge in [-0.1, -0.05) is 25.1 Å². The molecule has 4 rings (SSSR count). The van der Waals surface area contributed by atoms with Crippen LogP contribution in [0.1, 0.15) is 34.1 Å². The lowest BCUT2D eigenvalue weighted by Gasteiger charge is -2.14. The molecule has 34 heavy (non-hydrogen) atoms. The predicted octanol–water partition coefficient (Wildman–Crippen LogP) is 2.39. The molecule has 10 nitrogen and oxygen atoms in total. The number of para-hydroxylation sites is 1. The molecule has 0 bridgehead atoms. The number of aromatic nitrogens is 3. The molecule has 0 fully saturated rings. The van der Waals surface area contributed by atoms with Crippen LogP contribution >= 0.6 is 0 Å². The number of esters is 1. The Bertz CT molecular complexity index is 1520. The first kappa shape index (κ1) is 22.7. The number of furan rings is 1. The van der Waals surface area contributed by atoms with Crippen molar-refractivity contribution in [3.05, 3.63) is 80.7 Å². The van der Waals surface area contributed by atoms with E-state index in [0.29, 0.717) is 28.8 Å². The number of pyridine rings is 1. The number of hydrogen-bond acceptors (Lipinski definition) is 8. The number of fused-ring (bicyclic) bond motifs is 1. The molecule has 3 heterocycles. The van der Waals surface area contributed by atoms with Crippen molar-refractivity contribution in [2.75, 3.05) is 12.3 Å². The minimum absolute atomic E-state index is 0.182. The molecule has 0 aliphatic rings. The van der Waals surface area contributed by atoms with Crippen molar-refractivity contribution in [3.8, 4) is 11.5 Å². The Balaban J connectivity index is 1.66. The van der Waals surface area contributed by atoms with Crippen molar-refractivity contribution < 1.29 is 18.7 Å². The van der Waals surface area contributed by atoms with Gasteiger partial charge in [0.05, 0.1) is 17.3 Å². The van der Waals surface area contributed by atoms with Crippen LogP contribution in [0.4, 0.5) is 5.82 Å². The van der Waals surface area contributed by atoms with Gasteiger partial charge < -0.3 is 14.9 Å². The van der Waals surface area contributed by atoms with E-state index in [2.05, 4.69) is 4.98 Å². The third kappa shape index (κ3) is 4.01. The smallest absolute Gasteiger partial charge is 0.339 e. The maximum absolute atomic E-state index is 13.0. The number of benzene rings is 1. The molecule has 0 atom stereocenters. The number of nitrogen functional groups attached to an aromatic ring is 1. The van der Waals surface area contributed by atoms with Crippen LogP contribution in [-0.2, 0) is 18.3 Å². The van der Waals surface area contributed by atoms with Crippen LogP contribution in [0.3, 0.4) is 0 Å². The normalized spacial score (nSPS) is 11.0. The van der Waals surface area contributed by atoms with Crippen molar-refractivity contribution in [1.29, 1.82) is 0 Å². The summed E-state index contributed by atoms with van der Waals surface area (Å²) in [4.78, 5) is 55.2. The predicted molar refractivity (Wildman–Crippen MR) is 125 cm³/mol. The molecule has 0 amide bonds. The Hall–Kier alpha value is -4.47. The van der Waals surface area contributed by atoms with Gasteiger partial charge in [0.1, 0.15) is 17.1 Å². The molecule has 4 aromatic rings. The van der Waals surface area contributed by atoms with E-state index < -0.39 is 29.6 Å². The second kappa shape index (κ2) is 9.18. The van der Waals surface area contributed by atoms with Gasteiger partial charge in [-0.2, -0.15) is 0 Å². The average molecular weight is 462 g/mol. The fraction of sp³-hybridized carbons (Fsp3) is 0.208. The molecule has 1 aromatic carbocycles. The molecule has 0 unspecified atom stereocenters. The Kier molecular flexibility index (Phi) is 6.13. The lowest BCUT2D eigenvalue weighted by atomic mass is 10.1. The Morgan fingerprint density at radius 2 is 1.91 bits per heavy atom. The minimum atomic E-state index is -0.842. The van der Waals surface area contributed by atoms with Crippen LogP contribution < -0.4 is 17.0 Å². The van der Waals surface area contributed by atoms with Crippen LogP contribution in [0.2, 0.25) is 0 Å². The van der Waals surface area contributed by atoms with Gasteiger partial charge in [0, 0.05) is 19.0 Å². The summed E-state index contributed by atoms with van der Waals surface area (Å²) >= 11 is 0. The fourth-order valence-electron chi connectivity index (χ4n) is 3.66. The second-order valence-electron chi connectivity index (χ2n) is 7.61. The molecule has 0 aliphatic carbocycles. The highest BCUT2D eigenvalue weighted by Gasteiger charge is 2.23. The first-order chi connectivity index (χ1) is 16.3. The lowest BCUT2D eigenvalue weighted by molar-refractivity contribution is 0.0476. The van der Waals surface area contributed by atoms with Gasteiger partial charge in [-0.25, -0.2) is 14.6 Å². The van der Waals surface area contributed by atoms with E-state index in [-0.39, 0.29) is 23.5 Å². The number of nitrogens with zero attached hydrogens (tertiary/aromatic N) is 3. The molecule has 10 heteroatoms. The van der Waals surface area contributed by atoms with Crippen molar-refractivity contribution in [2.24, 2.45) is 7.05 Å². The summed E-state index contributed by atoms with van der Waals surface area (Å²) in [5, 5.41) is 0.530. The first-order valence-electron chi connectivity index (χ1n) is 10.6. The zero-order chi connectivity index (χ0) is 24.4. The quantitative estimate of drug-likeness (QED) is 0.326. The summed E-state index contributed by atoms with van der Waals surface area (Å²) in [6.45, 7) is 1.34. The van der Waals surface area contributed by atoms with E-state index in [0.717, 1.165) is 9.13 Å². The third-order valence-corrected chi connectivity index (χ3v) is 5.35. The summed E-state index contributed by atoms with van der Waals surface area (Å²) in [5.41, 5.74) is 5.27. The van der Waals surface area contributed by atoms with E-state index in [1.165, 1.54) is 19.4 Å². The summed E-state index contributed by atoms with van der Waals surface area (Å²) < 4.78 is 12.6. The number of Topliss-reactive ketones (excluding diaryl/α,β-unsaturated/α-hetero) is 1. The Labute approximate surface area is 193 Å². The van der Waals surface area contributed by atoms with Crippen LogP contribution in [0.15, 0.2) is 62.7 Å². The zero-order valence-electron chi connectivity index (χ0n) is 18.6. The molecule has 0 aliphatic heterocycles. The number of ether oxygens (including phenoxy) is 1. The van der Waals surface area contributed by atoms with Crippen LogP contribution in [0.5, 0.6) is 0 Å². The summed E-state index contributed by atoms with van der Waals surface area (Å²) in [6, 6.07) is 11.9. The van der Waals surface area contributed by atoms with E-state index in [9.17, 15) is 19.2 Å². The van der Waals surface area contributed by atoms with Gasteiger partial charge in [0.25, 0.3) is 5.56 Å². The molecule has 0 radical (unpaired) electrons.